The monoisotopic (exact) mass is 335 g/mol. The van der Waals surface area contributed by atoms with Crippen LogP contribution in [0.3, 0.4) is 0 Å². The molecule has 3 nitrogen and oxygen atoms in total. The van der Waals surface area contributed by atoms with E-state index in [4.69, 9.17) is 0 Å². The Morgan fingerprint density at radius 3 is 2.38 bits per heavy atom. The molecule has 0 spiro atoms. The molecule has 24 heavy (non-hydrogen) atoms. The summed E-state index contributed by atoms with van der Waals surface area (Å²) in [7, 11) is 0. The first-order chi connectivity index (χ1) is 11.4. The van der Waals surface area contributed by atoms with Crippen LogP contribution in [-0.4, -0.2) is 28.2 Å². The average molecular weight is 335 g/mol. The molecule has 3 rings (SSSR count). The van der Waals surface area contributed by atoms with E-state index in [0.717, 1.165) is 37.3 Å². The predicted octanol–water partition coefficient (Wildman–Crippen LogP) is 4.18. The fourth-order valence-corrected chi connectivity index (χ4v) is 3.25. The zero-order chi connectivity index (χ0) is 17.2. The Hall–Kier alpha value is -1.95. The molecule has 6 heteroatoms. The Labute approximate surface area is 139 Å². The molecule has 0 saturated carbocycles. The molecule has 1 fully saturated rings. The number of hydrogen-bond donors (Lipinski definition) is 0. The third kappa shape index (κ3) is 3.93. The van der Waals surface area contributed by atoms with E-state index in [-0.39, 0.29) is 5.92 Å². The summed E-state index contributed by atoms with van der Waals surface area (Å²) in [5, 5.41) is 8.20. The van der Waals surface area contributed by atoms with Crippen LogP contribution in [0.4, 0.5) is 13.2 Å². The molecule has 1 aliphatic rings. The van der Waals surface area contributed by atoms with Gasteiger partial charge in [-0.25, -0.2) is 0 Å². The lowest BCUT2D eigenvalue weighted by Gasteiger charge is -2.32. The van der Waals surface area contributed by atoms with Gasteiger partial charge in [-0.3, -0.25) is 4.90 Å². The zero-order valence-corrected chi connectivity index (χ0v) is 13.6. The van der Waals surface area contributed by atoms with Crippen molar-refractivity contribution in [1.82, 2.24) is 15.1 Å². The lowest BCUT2D eigenvalue weighted by Crippen LogP contribution is -2.33. The molecule has 0 bridgehead atoms. The largest absolute Gasteiger partial charge is 0.416 e. The quantitative estimate of drug-likeness (QED) is 0.842. The van der Waals surface area contributed by atoms with Crippen LogP contribution >= 0.6 is 0 Å². The van der Waals surface area contributed by atoms with Crippen molar-refractivity contribution in [3.63, 3.8) is 0 Å². The minimum Gasteiger partial charge on any atom is -0.297 e. The van der Waals surface area contributed by atoms with Gasteiger partial charge in [-0.2, -0.15) is 23.4 Å². The third-order valence-corrected chi connectivity index (χ3v) is 4.53. The highest BCUT2D eigenvalue weighted by Gasteiger charge is 2.35. The predicted molar refractivity (Wildman–Crippen MR) is 85.5 cm³/mol. The van der Waals surface area contributed by atoms with Crippen LogP contribution in [0, 0.1) is 6.92 Å². The van der Waals surface area contributed by atoms with Crippen molar-refractivity contribution in [3.8, 4) is 0 Å². The van der Waals surface area contributed by atoms with Gasteiger partial charge in [0.15, 0.2) is 0 Å². The summed E-state index contributed by atoms with van der Waals surface area (Å²) in [5.41, 5.74) is 1.71. The zero-order valence-electron chi connectivity index (χ0n) is 13.6. The van der Waals surface area contributed by atoms with E-state index in [0.29, 0.717) is 12.1 Å². The second-order valence-electron chi connectivity index (χ2n) is 6.30. The van der Waals surface area contributed by atoms with E-state index in [1.165, 1.54) is 12.1 Å². The number of rotatable bonds is 3. The van der Waals surface area contributed by atoms with Crippen molar-refractivity contribution < 1.29 is 13.2 Å². The van der Waals surface area contributed by atoms with E-state index in [1.807, 2.05) is 19.1 Å². The molecule has 128 valence electrons. The summed E-state index contributed by atoms with van der Waals surface area (Å²) in [6.45, 7) is 4.13. The van der Waals surface area contributed by atoms with Crippen LogP contribution in [0.5, 0.6) is 0 Å². The van der Waals surface area contributed by atoms with Gasteiger partial charge in [-0.05, 0) is 62.5 Å². The van der Waals surface area contributed by atoms with Crippen molar-refractivity contribution in [1.29, 1.82) is 0 Å². The summed E-state index contributed by atoms with van der Waals surface area (Å²) in [6.07, 6.45) is -2.83. The number of likely N-dealkylation sites (tertiary alicyclic amines) is 1. The third-order valence-electron chi connectivity index (χ3n) is 4.53. The van der Waals surface area contributed by atoms with E-state index in [1.54, 1.807) is 12.1 Å². The van der Waals surface area contributed by atoms with Gasteiger partial charge in [0.05, 0.1) is 17.0 Å². The van der Waals surface area contributed by atoms with E-state index in [9.17, 15) is 13.2 Å². The van der Waals surface area contributed by atoms with Crippen molar-refractivity contribution >= 4 is 0 Å². The molecule has 0 unspecified atom stereocenters. The molecule has 1 aliphatic heterocycles. The maximum absolute atomic E-state index is 13.2. The molecule has 0 N–H and O–H groups in total. The van der Waals surface area contributed by atoms with Crippen LogP contribution in [0.1, 0.15) is 41.3 Å². The van der Waals surface area contributed by atoms with Gasteiger partial charge in [-0.15, -0.1) is 0 Å². The molecule has 1 saturated heterocycles. The Bertz CT molecular complexity index is 675. The molecular weight excluding hydrogens is 315 g/mol. The van der Waals surface area contributed by atoms with E-state index >= 15 is 0 Å². The number of halogens is 3. The highest BCUT2D eigenvalue weighted by Crippen LogP contribution is 2.38. The first-order valence-electron chi connectivity index (χ1n) is 8.11. The topological polar surface area (TPSA) is 29.0 Å². The molecule has 0 atom stereocenters. The molecule has 0 radical (unpaired) electrons. The molecule has 2 aromatic rings. The highest BCUT2D eigenvalue weighted by molar-refractivity contribution is 5.33. The summed E-state index contributed by atoms with van der Waals surface area (Å²) in [5.74, 6) is -0.0387. The van der Waals surface area contributed by atoms with Crippen LogP contribution in [0.2, 0.25) is 0 Å². The number of benzene rings is 1. The summed E-state index contributed by atoms with van der Waals surface area (Å²) >= 11 is 0. The smallest absolute Gasteiger partial charge is 0.297 e. The van der Waals surface area contributed by atoms with Gasteiger partial charge in [-0.1, -0.05) is 18.2 Å². The minimum absolute atomic E-state index is 0.0387. The molecule has 0 aliphatic carbocycles. The number of piperidine rings is 1. The summed E-state index contributed by atoms with van der Waals surface area (Å²) in [4.78, 5) is 2.23. The lowest BCUT2D eigenvalue weighted by atomic mass is 9.86. The normalized spacial score (nSPS) is 17.2. The van der Waals surface area contributed by atoms with Crippen molar-refractivity contribution in [2.45, 2.75) is 38.4 Å². The Morgan fingerprint density at radius 1 is 1.04 bits per heavy atom. The molecule has 0 amide bonds. The maximum atomic E-state index is 13.2. The van der Waals surface area contributed by atoms with Crippen LogP contribution < -0.4 is 0 Å². The number of hydrogen-bond acceptors (Lipinski definition) is 3. The second kappa shape index (κ2) is 6.89. The van der Waals surface area contributed by atoms with Crippen molar-refractivity contribution in [2.24, 2.45) is 0 Å². The van der Waals surface area contributed by atoms with E-state index < -0.39 is 11.7 Å². The van der Waals surface area contributed by atoms with E-state index in [2.05, 4.69) is 15.1 Å². The fourth-order valence-electron chi connectivity index (χ4n) is 3.25. The molecule has 1 aromatic carbocycles. The Morgan fingerprint density at radius 2 is 1.75 bits per heavy atom. The van der Waals surface area contributed by atoms with Crippen molar-refractivity contribution in [2.75, 3.05) is 13.1 Å². The molecular formula is C18H20F3N3. The maximum Gasteiger partial charge on any atom is 0.416 e. The van der Waals surface area contributed by atoms with Gasteiger partial charge in [0.1, 0.15) is 0 Å². The Balaban J connectivity index is 1.64. The number of nitrogens with zero attached hydrogens (tertiary/aromatic N) is 3. The van der Waals surface area contributed by atoms with Gasteiger partial charge < -0.3 is 0 Å². The average Bonchev–Trinajstić information content (AvgIpc) is 2.57. The van der Waals surface area contributed by atoms with Crippen LogP contribution in [-0.2, 0) is 12.7 Å². The second-order valence-corrected chi connectivity index (χ2v) is 6.30. The lowest BCUT2D eigenvalue weighted by molar-refractivity contribution is -0.138. The van der Waals surface area contributed by atoms with Crippen LogP contribution in [0.25, 0.3) is 0 Å². The first-order valence-corrected chi connectivity index (χ1v) is 8.11. The van der Waals surface area contributed by atoms with Gasteiger partial charge in [0.25, 0.3) is 0 Å². The minimum atomic E-state index is -4.29. The van der Waals surface area contributed by atoms with Crippen molar-refractivity contribution in [3.05, 3.63) is 58.9 Å². The van der Waals surface area contributed by atoms with Crippen LogP contribution in [0.15, 0.2) is 36.4 Å². The standard InChI is InChI=1S/C18H20F3N3/c1-13-6-7-15(23-22-13)12-24-10-8-14(9-11-24)16-4-2-3-5-17(16)18(19,20)21/h2-7,14H,8-12H2,1H3. The fraction of sp³-hybridized carbons (Fsp3) is 0.444. The first kappa shape index (κ1) is 16.9. The number of aromatic nitrogens is 2. The SMILES string of the molecule is Cc1ccc(CN2CCC(c3ccccc3C(F)(F)F)CC2)nn1. The number of aryl methyl sites for hydroxylation is 1. The van der Waals surface area contributed by atoms with Gasteiger partial charge in [0.2, 0.25) is 0 Å². The summed E-state index contributed by atoms with van der Waals surface area (Å²) < 4.78 is 39.5. The molecule has 1 aromatic heterocycles. The molecule has 2 heterocycles. The van der Waals surface area contributed by atoms with Gasteiger partial charge >= 0.3 is 6.18 Å². The highest BCUT2D eigenvalue weighted by atomic mass is 19.4. The Kier molecular flexibility index (Phi) is 4.85. The number of alkyl halides is 3. The van der Waals surface area contributed by atoms with Gasteiger partial charge in [0, 0.05) is 6.54 Å². The summed E-state index contributed by atoms with van der Waals surface area (Å²) in [6, 6.07) is 9.83.